The average molecular weight is 293 g/mol. The van der Waals surface area contributed by atoms with Crippen LogP contribution in [-0.4, -0.2) is 27.6 Å². The number of aromatic nitrogens is 3. The molecule has 0 unspecified atom stereocenters. The highest BCUT2D eigenvalue weighted by Crippen LogP contribution is 2.31. The minimum absolute atomic E-state index is 0.0144. The summed E-state index contributed by atoms with van der Waals surface area (Å²) in [6.45, 7) is 3.59. The summed E-state index contributed by atoms with van der Waals surface area (Å²) in [5.41, 5.74) is -1.90. The Hall–Kier alpha value is -1.60. The summed E-state index contributed by atoms with van der Waals surface area (Å²) < 4.78 is 44.3. The van der Waals surface area contributed by atoms with E-state index in [1.807, 2.05) is 6.92 Å². The maximum absolute atomic E-state index is 13.0. The molecular weight excluding hydrogens is 275 g/mol. The van der Waals surface area contributed by atoms with E-state index in [0.717, 1.165) is 23.9 Å². The third-order valence-electron chi connectivity index (χ3n) is 2.70. The number of rotatable bonds is 7. The van der Waals surface area contributed by atoms with Gasteiger partial charge in [-0.3, -0.25) is 0 Å². The van der Waals surface area contributed by atoms with Crippen LogP contribution < -0.4 is 0 Å². The van der Waals surface area contributed by atoms with E-state index in [-0.39, 0.29) is 13.2 Å². The first kappa shape index (κ1) is 16.5. The number of carbonyl (C=O) groups is 1. The van der Waals surface area contributed by atoms with Crippen LogP contribution in [0.15, 0.2) is 0 Å². The van der Waals surface area contributed by atoms with Gasteiger partial charge in [-0.2, -0.15) is 13.2 Å². The molecule has 1 aromatic rings. The second kappa shape index (κ2) is 7.25. The Balaban J connectivity index is 2.92. The molecule has 20 heavy (non-hydrogen) atoms. The van der Waals surface area contributed by atoms with Crippen LogP contribution in [0, 0.1) is 0 Å². The number of hydrogen-bond acceptors (Lipinski definition) is 4. The first-order chi connectivity index (χ1) is 9.41. The number of unbranched alkanes of at least 4 members (excludes halogenated alkanes) is 3. The monoisotopic (exact) mass is 293 g/mol. The van der Waals surface area contributed by atoms with Crippen LogP contribution in [0.2, 0.25) is 0 Å². The second-order valence-corrected chi connectivity index (χ2v) is 4.29. The number of carbonyl (C=O) groups excluding carboxylic acids is 1. The summed E-state index contributed by atoms with van der Waals surface area (Å²) in [5.74, 6) is -1.10. The standard InChI is InChI=1S/C12H18F3N3O2/c1-3-5-6-7-8-18-10(12(13,14)15)9(16-17-18)11(19)20-4-2/h3-8H2,1-2H3. The Bertz CT molecular complexity index is 444. The maximum atomic E-state index is 13.0. The smallest absolute Gasteiger partial charge is 0.435 e. The molecule has 0 aliphatic rings. The minimum Gasteiger partial charge on any atom is -0.461 e. The van der Waals surface area contributed by atoms with Gasteiger partial charge in [0.25, 0.3) is 0 Å². The lowest BCUT2D eigenvalue weighted by molar-refractivity contribution is -0.144. The van der Waals surface area contributed by atoms with Crippen molar-refractivity contribution in [2.45, 2.75) is 52.3 Å². The Morgan fingerprint density at radius 3 is 2.50 bits per heavy atom. The molecule has 0 aliphatic carbocycles. The number of nitrogens with zero attached hydrogens (tertiary/aromatic N) is 3. The van der Waals surface area contributed by atoms with Gasteiger partial charge in [0.1, 0.15) is 0 Å². The van der Waals surface area contributed by atoms with Gasteiger partial charge in [0.2, 0.25) is 5.69 Å². The Labute approximate surface area is 115 Å². The van der Waals surface area contributed by atoms with Crippen molar-refractivity contribution in [3.63, 3.8) is 0 Å². The molecule has 1 rings (SSSR count). The summed E-state index contributed by atoms with van der Waals surface area (Å²) in [7, 11) is 0. The second-order valence-electron chi connectivity index (χ2n) is 4.29. The van der Waals surface area contributed by atoms with Crippen molar-refractivity contribution in [2.75, 3.05) is 6.61 Å². The number of ether oxygens (including phenoxy) is 1. The molecule has 1 heterocycles. The maximum Gasteiger partial charge on any atom is 0.435 e. The topological polar surface area (TPSA) is 57.0 Å². The first-order valence-corrected chi connectivity index (χ1v) is 6.59. The van der Waals surface area contributed by atoms with Gasteiger partial charge in [-0.1, -0.05) is 31.4 Å². The number of halogens is 3. The summed E-state index contributed by atoms with van der Waals surface area (Å²) in [4.78, 5) is 11.5. The summed E-state index contributed by atoms with van der Waals surface area (Å²) in [5, 5.41) is 6.75. The third-order valence-corrected chi connectivity index (χ3v) is 2.70. The van der Waals surface area contributed by atoms with E-state index < -0.39 is 23.5 Å². The fourth-order valence-electron chi connectivity index (χ4n) is 1.78. The molecular formula is C12H18F3N3O2. The quantitative estimate of drug-likeness (QED) is 0.572. The van der Waals surface area contributed by atoms with Gasteiger partial charge in [0.15, 0.2) is 5.69 Å². The van der Waals surface area contributed by atoms with Crippen LogP contribution >= 0.6 is 0 Å². The Kier molecular flexibility index (Phi) is 5.97. The molecule has 0 atom stereocenters. The van der Waals surface area contributed by atoms with E-state index in [9.17, 15) is 18.0 Å². The number of alkyl halides is 3. The lowest BCUT2D eigenvalue weighted by atomic mass is 10.2. The van der Waals surface area contributed by atoms with Crippen molar-refractivity contribution in [3.8, 4) is 0 Å². The van der Waals surface area contributed by atoms with Crippen LogP contribution in [0.3, 0.4) is 0 Å². The van der Waals surface area contributed by atoms with Crippen molar-refractivity contribution < 1.29 is 22.7 Å². The molecule has 0 N–H and O–H groups in total. The predicted molar refractivity (Wildman–Crippen MR) is 65.1 cm³/mol. The van der Waals surface area contributed by atoms with Crippen LogP contribution in [0.4, 0.5) is 13.2 Å². The van der Waals surface area contributed by atoms with Crippen molar-refractivity contribution in [3.05, 3.63) is 11.4 Å². The van der Waals surface area contributed by atoms with E-state index >= 15 is 0 Å². The molecule has 0 radical (unpaired) electrons. The first-order valence-electron chi connectivity index (χ1n) is 6.59. The molecule has 5 nitrogen and oxygen atoms in total. The largest absolute Gasteiger partial charge is 0.461 e. The van der Waals surface area contributed by atoms with E-state index in [4.69, 9.17) is 0 Å². The molecule has 0 saturated carbocycles. The van der Waals surface area contributed by atoms with Gasteiger partial charge in [-0.05, 0) is 13.3 Å². The van der Waals surface area contributed by atoms with Crippen LogP contribution in [-0.2, 0) is 17.5 Å². The molecule has 0 aliphatic heterocycles. The Morgan fingerprint density at radius 1 is 1.25 bits per heavy atom. The number of aryl methyl sites for hydroxylation is 1. The Morgan fingerprint density at radius 2 is 1.95 bits per heavy atom. The van der Waals surface area contributed by atoms with Crippen molar-refractivity contribution in [1.29, 1.82) is 0 Å². The zero-order valence-corrected chi connectivity index (χ0v) is 11.5. The normalized spacial score (nSPS) is 11.7. The van der Waals surface area contributed by atoms with Gasteiger partial charge in [0.05, 0.1) is 6.61 Å². The van der Waals surface area contributed by atoms with Gasteiger partial charge in [-0.15, -0.1) is 5.10 Å². The van der Waals surface area contributed by atoms with Gasteiger partial charge in [-0.25, -0.2) is 9.48 Å². The number of esters is 1. The lowest BCUT2D eigenvalue weighted by Crippen LogP contribution is -2.19. The van der Waals surface area contributed by atoms with E-state index in [1.165, 1.54) is 6.92 Å². The minimum atomic E-state index is -4.68. The molecule has 0 spiro atoms. The number of hydrogen-bond donors (Lipinski definition) is 0. The highest BCUT2D eigenvalue weighted by molar-refractivity contribution is 5.88. The van der Waals surface area contributed by atoms with Gasteiger partial charge >= 0.3 is 12.1 Å². The van der Waals surface area contributed by atoms with E-state index in [0.29, 0.717) is 6.42 Å². The highest BCUT2D eigenvalue weighted by atomic mass is 19.4. The van der Waals surface area contributed by atoms with Crippen LogP contribution in [0.5, 0.6) is 0 Å². The van der Waals surface area contributed by atoms with Crippen molar-refractivity contribution in [1.82, 2.24) is 15.0 Å². The van der Waals surface area contributed by atoms with E-state index in [1.54, 1.807) is 0 Å². The molecule has 8 heteroatoms. The third kappa shape index (κ3) is 4.21. The van der Waals surface area contributed by atoms with Crippen molar-refractivity contribution >= 4 is 5.97 Å². The predicted octanol–water partition coefficient (Wildman–Crippen LogP) is 3.05. The molecule has 0 amide bonds. The summed E-state index contributed by atoms with van der Waals surface area (Å²) in [6.07, 6.45) is -1.39. The molecule has 0 fully saturated rings. The fourth-order valence-corrected chi connectivity index (χ4v) is 1.78. The van der Waals surface area contributed by atoms with Crippen molar-refractivity contribution in [2.24, 2.45) is 0 Å². The molecule has 0 aromatic carbocycles. The van der Waals surface area contributed by atoms with E-state index in [2.05, 4.69) is 15.0 Å². The lowest BCUT2D eigenvalue weighted by Gasteiger charge is -2.10. The molecule has 0 saturated heterocycles. The highest BCUT2D eigenvalue weighted by Gasteiger charge is 2.41. The molecule has 1 aromatic heterocycles. The summed E-state index contributed by atoms with van der Waals surface area (Å²) in [6, 6.07) is 0. The van der Waals surface area contributed by atoms with Crippen LogP contribution in [0.25, 0.3) is 0 Å². The van der Waals surface area contributed by atoms with Gasteiger partial charge in [0, 0.05) is 6.54 Å². The van der Waals surface area contributed by atoms with Crippen LogP contribution in [0.1, 0.15) is 55.7 Å². The summed E-state index contributed by atoms with van der Waals surface area (Å²) >= 11 is 0. The SMILES string of the molecule is CCCCCCn1nnc(C(=O)OCC)c1C(F)(F)F. The fraction of sp³-hybridized carbons (Fsp3) is 0.750. The average Bonchev–Trinajstić information content (AvgIpc) is 2.79. The molecule has 0 bridgehead atoms. The molecule has 114 valence electrons. The zero-order chi connectivity index (χ0) is 15.2. The zero-order valence-electron chi connectivity index (χ0n) is 11.5. The van der Waals surface area contributed by atoms with Gasteiger partial charge < -0.3 is 4.74 Å².